The molecule has 0 atom stereocenters. The summed E-state index contributed by atoms with van der Waals surface area (Å²) in [5, 5.41) is 3.41. The summed E-state index contributed by atoms with van der Waals surface area (Å²) in [7, 11) is 3.87. The molecule has 1 saturated heterocycles. The summed E-state index contributed by atoms with van der Waals surface area (Å²) in [4.78, 5) is 22.7. The number of guanidine groups is 1. The predicted octanol–water partition coefficient (Wildman–Crippen LogP) is 2.01. The first kappa shape index (κ1) is 22.3. The largest absolute Gasteiger partial charge is 0.444 e. The second-order valence-electron chi connectivity index (χ2n) is 7.64. The van der Waals surface area contributed by atoms with E-state index in [9.17, 15) is 4.79 Å². The van der Waals surface area contributed by atoms with Crippen LogP contribution in [0.1, 0.15) is 33.6 Å². The van der Waals surface area contributed by atoms with Crippen LogP contribution >= 0.6 is 0 Å². The van der Waals surface area contributed by atoms with E-state index < -0.39 is 5.60 Å². The first-order valence-electron chi connectivity index (χ1n) is 9.50. The fourth-order valence-electron chi connectivity index (χ4n) is 2.77. The highest BCUT2D eigenvalue weighted by molar-refractivity contribution is 5.79. The SMILES string of the molecule is C=CCCCN(C)C(=NC)NCCN1CCN(C(=O)OC(C)(C)C)CC1. The van der Waals surface area contributed by atoms with E-state index in [0.29, 0.717) is 13.1 Å². The Morgan fingerprint density at radius 2 is 1.96 bits per heavy atom. The molecule has 1 aliphatic heterocycles. The van der Waals surface area contributed by atoms with Gasteiger partial charge < -0.3 is 19.9 Å². The number of nitrogens with zero attached hydrogens (tertiary/aromatic N) is 4. The van der Waals surface area contributed by atoms with Crippen LogP contribution in [-0.2, 0) is 4.74 Å². The van der Waals surface area contributed by atoms with Crippen LogP contribution < -0.4 is 5.32 Å². The van der Waals surface area contributed by atoms with Gasteiger partial charge in [-0.05, 0) is 33.6 Å². The lowest BCUT2D eigenvalue weighted by atomic mass is 10.2. The van der Waals surface area contributed by atoms with Crippen molar-refractivity contribution >= 4 is 12.1 Å². The highest BCUT2D eigenvalue weighted by atomic mass is 16.6. The fourth-order valence-corrected chi connectivity index (χ4v) is 2.77. The molecule has 150 valence electrons. The van der Waals surface area contributed by atoms with Crippen molar-refractivity contribution in [2.45, 2.75) is 39.2 Å². The number of hydrogen-bond acceptors (Lipinski definition) is 4. The number of rotatable bonds is 7. The molecule has 1 N–H and O–H groups in total. The highest BCUT2D eigenvalue weighted by Gasteiger charge is 2.25. The van der Waals surface area contributed by atoms with Gasteiger partial charge in [-0.25, -0.2) is 4.79 Å². The summed E-state index contributed by atoms with van der Waals surface area (Å²) < 4.78 is 5.43. The van der Waals surface area contributed by atoms with Gasteiger partial charge in [0.15, 0.2) is 5.96 Å². The van der Waals surface area contributed by atoms with Gasteiger partial charge in [0, 0.05) is 59.9 Å². The Labute approximate surface area is 159 Å². The number of carbonyl (C=O) groups excluding carboxylic acids is 1. The number of piperazine rings is 1. The third kappa shape index (κ3) is 8.56. The van der Waals surface area contributed by atoms with E-state index in [-0.39, 0.29) is 6.09 Å². The van der Waals surface area contributed by atoms with Gasteiger partial charge in [-0.1, -0.05) is 6.08 Å². The maximum absolute atomic E-state index is 12.1. The third-order valence-electron chi connectivity index (χ3n) is 4.21. The molecule has 0 saturated carbocycles. The third-order valence-corrected chi connectivity index (χ3v) is 4.21. The summed E-state index contributed by atoms with van der Waals surface area (Å²) in [5.74, 6) is 0.918. The summed E-state index contributed by atoms with van der Waals surface area (Å²) >= 11 is 0. The van der Waals surface area contributed by atoms with Gasteiger partial charge in [-0.2, -0.15) is 0 Å². The zero-order chi connectivity index (χ0) is 19.6. The minimum absolute atomic E-state index is 0.211. The van der Waals surface area contributed by atoms with Crippen molar-refractivity contribution in [1.29, 1.82) is 0 Å². The maximum atomic E-state index is 12.1. The Bertz CT molecular complexity index is 465. The van der Waals surface area contributed by atoms with Crippen molar-refractivity contribution < 1.29 is 9.53 Å². The number of nitrogens with one attached hydrogen (secondary N) is 1. The van der Waals surface area contributed by atoms with Crippen LogP contribution in [0.4, 0.5) is 4.79 Å². The minimum atomic E-state index is -0.439. The van der Waals surface area contributed by atoms with Gasteiger partial charge >= 0.3 is 6.09 Å². The smallest absolute Gasteiger partial charge is 0.410 e. The van der Waals surface area contributed by atoms with Crippen molar-refractivity contribution in [3.8, 4) is 0 Å². The molecule has 1 amide bonds. The molecule has 1 heterocycles. The van der Waals surface area contributed by atoms with Crippen molar-refractivity contribution in [3.05, 3.63) is 12.7 Å². The van der Waals surface area contributed by atoms with Crippen LogP contribution in [0, 0.1) is 0 Å². The summed E-state index contributed by atoms with van der Waals surface area (Å²) in [6, 6.07) is 0. The Balaban J connectivity index is 2.27. The van der Waals surface area contributed by atoms with E-state index in [0.717, 1.165) is 51.5 Å². The van der Waals surface area contributed by atoms with E-state index in [1.807, 2.05) is 33.9 Å². The van der Waals surface area contributed by atoms with Crippen molar-refractivity contribution in [1.82, 2.24) is 20.0 Å². The number of amides is 1. The monoisotopic (exact) mass is 367 g/mol. The van der Waals surface area contributed by atoms with E-state index in [1.54, 1.807) is 4.90 Å². The van der Waals surface area contributed by atoms with Gasteiger partial charge in [0.2, 0.25) is 0 Å². The summed E-state index contributed by atoms with van der Waals surface area (Å²) in [5.41, 5.74) is -0.439. The average molecular weight is 368 g/mol. The number of carbonyl (C=O) groups is 1. The average Bonchev–Trinajstić information content (AvgIpc) is 2.58. The topological polar surface area (TPSA) is 60.4 Å². The number of unbranched alkanes of at least 4 members (excludes halogenated alkanes) is 1. The molecular weight excluding hydrogens is 330 g/mol. The molecule has 7 nitrogen and oxygen atoms in total. The quantitative estimate of drug-likeness (QED) is 0.323. The number of aliphatic imine (C=N–C) groups is 1. The van der Waals surface area contributed by atoms with E-state index in [2.05, 4.69) is 33.7 Å². The fraction of sp³-hybridized carbons (Fsp3) is 0.789. The molecule has 0 bridgehead atoms. The van der Waals surface area contributed by atoms with Crippen LogP contribution in [0.2, 0.25) is 0 Å². The van der Waals surface area contributed by atoms with E-state index in [4.69, 9.17) is 4.74 Å². The molecule has 0 aromatic heterocycles. The van der Waals surface area contributed by atoms with Gasteiger partial charge in [0.25, 0.3) is 0 Å². The molecule has 0 spiro atoms. The molecule has 0 aromatic rings. The highest BCUT2D eigenvalue weighted by Crippen LogP contribution is 2.11. The predicted molar refractivity (Wildman–Crippen MR) is 108 cm³/mol. The molecule has 1 rings (SSSR count). The molecule has 26 heavy (non-hydrogen) atoms. The number of allylic oxidation sites excluding steroid dienone is 1. The van der Waals surface area contributed by atoms with Crippen LogP contribution in [-0.4, -0.2) is 92.3 Å². The van der Waals surface area contributed by atoms with Gasteiger partial charge in [-0.15, -0.1) is 6.58 Å². The Kier molecular flexibility index (Phi) is 9.48. The number of hydrogen-bond donors (Lipinski definition) is 1. The lowest BCUT2D eigenvalue weighted by molar-refractivity contribution is 0.0147. The van der Waals surface area contributed by atoms with Gasteiger partial charge in [0.1, 0.15) is 5.60 Å². The lowest BCUT2D eigenvalue weighted by Gasteiger charge is -2.35. The molecule has 7 heteroatoms. The minimum Gasteiger partial charge on any atom is -0.444 e. The Morgan fingerprint density at radius 1 is 1.31 bits per heavy atom. The van der Waals surface area contributed by atoms with Crippen molar-refractivity contribution in [3.63, 3.8) is 0 Å². The van der Waals surface area contributed by atoms with Gasteiger partial charge in [-0.3, -0.25) is 9.89 Å². The number of ether oxygens (including phenoxy) is 1. The van der Waals surface area contributed by atoms with Crippen molar-refractivity contribution in [2.24, 2.45) is 4.99 Å². The maximum Gasteiger partial charge on any atom is 0.410 e. The molecule has 1 fully saturated rings. The molecule has 1 aliphatic rings. The Hall–Kier alpha value is -1.76. The second-order valence-corrected chi connectivity index (χ2v) is 7.64. The van der Waals surface area contributed by atoms with Crippen LogP contribution in [0.3, 0.4) is 0 Å². The second kappa shape index (κ2) is 11.1. The molecule has 0 unspecified atom stereocenters. The lowest BCUT2D eigenvalue weighted by Crippen LogP contribution is -2.51. The Morgan fingerprint density at radius 3 is 2.50 bits per heavy atom. The zero-order valence-electron chi connectivity index (χ0n) is 17.3. The van der Waals surface area contributed by atoms with Gasteiger partial charge in [0.05, 0.1) is 0 Å². The zero-order valence-corrected chi connectivity index (χ0v) is 17.3. The molecular formula is C19H37N5O2. The van der Waals surface area contributed by atoms with E-state index >= 15 is 0 Å². The van der Waals surface area contributed by atoms with Crippen LogP contribution in [0.5, 0.6) is 0 Å². The standard InChI is InChI=1S/C19H37N5O2/c1-7-8-9-11-22(6)17(20-5)21-10-12-23-13-15-24(16-14-23)18(25)26-19(2,3)4/h7H,1,8-16H2,2-6H3,(H,20,21). The molecule has 0 radical (unpaired) electrons. The first-order valence-corrected chi connectivity index (χ1v) is 9.50. The molecule has 0 aromatic carbocycles. The summed E-state index contributed by atoms with van der Waals surface area (Å²) in [6.07, 6.45) is 3.83. The molecule has 0 aliphatic carbocycles. The van der Waals surface area contributed by atoms with Crippen LogP contribution in [0.15, 0.2) is 17.6 Å². The summed E-state index contributed by atoms with van der Waals surface area (Å²) in [6.45, 7) is 15.3. The first-order chi connectivity index (χ1) is 12.3. The van der Waals surface area contributed by atoms with E-state index in [1.165, 1.54) is 0 Å². The van der Waals surface area contributed by atoms with Crippen LogP contribution in [0.25, 0.3) is 0 Å². The normalized spacial score (nSPS) is 16.3. The van der Waals surface area contributed by atoms with Crippen molar-refractivity contribution in [2.75, 3.05) is 59.9 Å².